The van der Waals surface area contributed by atoms with Crippen LogP contribution < -0.4 is 29.3 Å². The summed E-state index contributed by atoms with van der Waals surface area (Å²) in [5.74, 6) is 0.0620. The van der Waals surface area contributed by atoms with Crippen LogP contribution in [-0.4, -0.2) is 48.9 Å². The third kappa shape index (κ3) is 4.98. The molecule has 2 aliphatic carbocycles. The molecule has 0 radical (unpaired) electrons. The van der Waals surface area contributed by atoms with Crippen molar-refractivity contribution in [2.24, 2.45) is 29.6 Å². The number of thioether (sulfide) groups is 1. The van der Waals surface area contributed by atoms with Crippen molar-refractivity contribution in [2.75, 3.05) is 31.5 Å². The maximum atomic E-state index is 14.1. The van der Waals surface area contributed by atoms with E-state index >= 15 is 0 Å². The Kier molecular flexibility index (Phi) is 7.83. The summed E-state index contributed by atoms with van der Waals surface area (Å²) in [5.41, 5.74) is 3.21. The van der Waals surface area contributed by atoms with Gasteiger partial charge in [-0.15, -0.1) is 11.8 Å². The number of carbonyl (C=O) groups excluding carboxylic acids is 3. The number of fused-ring (bicyclic) bond motifs is 9. The molecule has 8 rings (SSSR count). The van der Waals surface area contributed by atoms with E-state index in [2.05, 4.69) is 5.32 Å². The zero-order valence-corrected chi connectivity index (χ0v) is 29.0. The van der Waals surface area contributed by atoms with Crippen LogP contribution in [0.3, 0.4) is 0 Å². The van der Waals surface area contributed by atoms with Crippen LogP contribution in [-0.2, 0) is 20.9 Å². The van der Waals surface area contributed by atoms with Crippen molar-refractivity contribution >= 4 is 52.2 Å². The minimum Gasteiger partial charge on any atom is -0.497 e. The highest BCUT2D eigenvalue weighted by Crippen LogP contribution is 2.69. The minimum absolute atomic E-state index is 0.00352. The normalized spacial score (nSPS) is 26.3. The predicted molar refractivity (Wildman–Crippen MR) is 187 cm³/mol. The fraction of sp³-hybridized carbons (Fsp3) is 0.351. The summed E-state index contributed by atoms with van der Waals surface area (Å²) in [6, 6.07) is 20.4. The van der Waals surface area contributed by atoms with Gasteiger partial charge in [-0.1, -0.05) is 35.1 Å². The number of nitrogens with one attached hydrogen (secondary N) is 1. The number of benzene rings is 3. The summed E-state index contributed by atoms with van der Waals surface area (Å²) in [6.07, 6.45) is 0.762. The third-order valence-electron chi connectivity index (χ3n) is 10.7. The molecule has 4 aromatic rings. The molecule has 7 atom stereocenters. The molecular formula is C37H35N3O7S2. The van der Waals surface area contributed by atoms with Crippen molar-refractivity contribution in [3.05, 3.63) is 92.4 Å². The number of nitrogens with zero attached hydrogens (tertiary/aromatic N) is 2. The summed E-state index contributed by atoms with van der Waals surface area (Å²) in [4.78, 5) is 57.3. The Morgan fingerprint density at radius 1 is 0.857 bits per heavy atom. The minimum atomic E-state index is -0.419. The highest BCUT2D eigenvalue weighted by Gasteiger charge is 2.69. The van der Waals surface area contributed by atoms with Crippen LogP contribution in [0.2, 0.25) is 0 Å². The van der Waals surface area contributed by atoms with Crippen molar-refractivity contribution in [3.8, 4) is 17.2 Å². The number of methoxy groups -OCH3 is 3. The van der Waals surface area contributed by atoms with Gasteiger partial charge >= 0.3 is 4.87 Å². The Labute approximate surface area is 291 Å². The molecule has 1 N–H and O–H groups in total. The molecule has 3 aromatic carbocycles. The monoisotopic (exact) mass is 697 g/mol. The second-order valence-corrected chi connectivity index (χ2v) is 15.3. The van der Waals surface area contributed by atoms with Gasteiger partial charge < -0.3 is 19.5 Å². The summed E-state index contributed by atoms with van der Waals surface area (Å²) < 4.78 is 18.0. The summed E-state index contributed by atoms with van der Waals surface area (Å²) >= 11 is 2.75. The van der Waals surface area contributed by atoms with Gasteiger partial charge in [-0.3, -0.25) is 28.6 Å². The van der Waals surface area contributed by atoms with Gasteiger partial charge in [0.1, 0.15) is 12.3 Å². The number of aromatic nitrogens is 1. The molecule has 1 saturated heterocycles. The lowest BCUT2D eigenvalue weighted by molar-refractivity contribution is -0.123. The van der Waals surface area contributed by atoms with Crippen LogP contribution in [0.1, 0.15) is 28.3 Å². The average Bonchev–Trinajstić information content (AvgIpc) is 3.83. The molecule has 252 valence electrons. The largest absolute Gasteiger partial charge is 0.497 e. The van der Waals surface area contributed by atoms with Gasteiger partial charge in [0.05, 0.1) is 43.9 Å². The van der Waals surface area contributed by atoms with E-state index in [-0.39, 0.29) is 58.1 Å². The van der Waals surface area contributed by atoms with Crippen LogP contribution in [0.4, 0.5) is 11.4 Å². The maximum Gasteiger partial charge on any atom is 0.308 e. The molecule has 7 unspecified atom stereocenters. The van der Waals surface area contributed by atoms with Crippen molar-refractivity contribution in [1.29, 1.82) is 0 Å². The number of carbonyl (C=O) groups is 3. The smallest absolute Gasteiger partial charge is 0.308 e. The second kappa shape index (κ2) is 12.1. The lowest BCUT2D eigenvalue weighted by Gasteiger charge is -2.43. The van der Waals surface area contributed by atoms with Crippen LogP contribution in [0, 0.1) is 36.5 Å². The van der Waals surface area contributed by atoms with Crippen LogP contribution in [0.25, 0.3) is 0 Å². The van der Waals surface area contributed by atoms with E-state index in [1.807, 2.05) is 49.4 Å². The Morgan fingerprint density at radius 3 is 2.22 bits per heavy atom. The number of imide groups is 1. The number of anilines is 2. The number of aryl methyl sites for hydroxylation is 1. The van der Waals surface area contributed by atoms with Gasteiger partial charge in [0, 0.05) is 21.7 Å². The quantitative estimate of drug-likeness (QED) is 0.238. The first-order chi connectivity index (χ1) is 23.7. The summed E-state index contributed by atoms with van der Waals surface area (Å²) in [5, 5.41) is 3.61. The molecule has 3 fully saturated rings. The van der Waals surface area contributed by atoms with Crippen molar-refractivity contribution in [2.45, 2.75) is 36.1 Å². The Balaban J connectivity index is 1.18. The molecule has 3 amide bonds. The fourth-order valence-electron chi connectivity index (χ4n) is 8.64. The lowest BCUT2D eigenvalue weighted by atomic mass is 9.68. The predicted octanol–water partition coefficient (Wildman–Crippen LogP) is 5.56. The second-order valence-electron chi connectivity index (χ2n) is 13.1. The highest BCUT2D eigenvalue weighted by molar-refractivity contribution is 8.00. The number of amides is 3. The SMILES string of the molecule is COc1ccc(NC(=O)Cn2c3c(sc2=O)C(c2ccc(OC)c(OC)c2)C2C4CC(C2S3)C2C(=O)N(c3ccc(C)cc3)C(=O)C42)cc1. The van der Waals surface area contributed by atoms with Gasteiger partial charge in [0.15, 0.2) is 11.5 Å². The molecule has 1 aromatic heterocycles. The van der Waals surface area contributed by atoms with Crippen molar-refractivity contribution in [1.82, 2.24) is 4.57 Å². The zero-order chi connectivity index (χ0) is 34.1. The van der Waals surface area contributed by atoms with Gasteiger partial charge in [0.25, 0.3) is 0 Å². The summed E-state index contributed by atoms with van der Waals surface area (Å²) in [6.45, 7) is 1.82. The van der Waals surface area contributed by atoms with E-state index < -0.39 is 11.8 Å². The Morgan fingerprint density at radius 2 is 1.55 bits per heavy atom. The van der Waals surface area contributed by atoms with Gasteiger partial charge in [-0.25, -0.2) is 0 Å². The van der Waals surface area contributed by atoms with E-state index in [0.717, 1.165) is 38.8 Å². The molecule has 2 saturated carbocycles. The molecule has 4 aliphatic rings. The third-order valence-corrected chi connectivity index (χ3v) is 13.5. The van der Waals surface area contributed by atoms with Crippen molar-refractivity contribution in [3.63, 3.8) is 0 Å². The number of hydrogen-bond donors (Lipinski definition) is 1. The van der Waals surface area contributed by atoms with Gasteiger partial charge in [-0.05, 0) is 85.2 Å². The first-order valence-corrected chi connectivity index (χ1v) is 17.9. The van der Waals surface area contributed by atoms with Gasteiger partial charge in [-0.2, -0.15) is 0 Å². The molecule has 3 heterocycles. The van der Waals surface area contributed by atoms with E-state index in [4.69, 9.17) is 14.2 Å². The Hall–Kier alpha value is -4.55. The van der Waals surface area contributed by atoms with E-state index in [1.54, 1.807) is 61.9 Å². The van der Waals surface area contributed by atoms with E-state index in [0.29, 0.717) is 28.6 Å². The Bertz CT molecular complexity index is 2040. The molecule has 2 aliphatic heterocycles. The number of ether oxygens (including phenoxy) is 3. The maximum absolute atomic E-state index is 14.1. The van der Waals surface area contributed by atoms with Crippen LogP contribution in [0.5, 0.6) is 17.2 Å². The fourth-order valence-corrected chi connectivity index (χ4v) is 11.8. The number of rotatable bonds is 8. The van der Waals surface area contributed by atoms with Crippen LogP contribution >= 0.6 is 23.1 Å². The average molecular weight is 698 g/mol. The standard InChI is InChI=1S/C37H35N3O7S2/c1-18-5-10-21(11-6-18)40-34(42)30-23-16-24(31(30)35(40)43)32-29(23)28(19-7-14-25(46-3)26(15-19)47-4)33-36(48-32)39(37(44)49-33)17-27(41)38-20-8-12-22(45-2)13-9-20/h5-15,23-24,28-32H,16-17H2,1-4H3,(H,38,41). The highest BCUT2D eigenvalue weighted by atomic mass is 32.2. The molecule has 2 bridgehead atoms. The van der Waals surface area contributed by atoms with Crippen molar-refractivity contribution < 1.29 is 28.6 Å². The first kappa shape index (κ1) is 31.7. The topological polar surface area (TPSA) is 116 Å². The number of hydrogen-bond acceptors (Lipinski definition) is 9. The first-order valence-electron chi connectivity index (χ1n) is 16.2. The zero-order valence-electron chi connectivity index (χ0n) is 27.4. The van der Waals surface area contributed by atoms with Gasteiger partial charge in [0.2, 0.25) is 17.7 Å². The van der Waals surface area contributed by atoms with E-state index in [1.165, 1.54) is 4.90 Å². The summed E-state index contributed by atoms with van der Waals surface area (Å²) in [7, 11) is 4.76. The van der Waals surface area contributed by atoms with Crippen LogP contribution in [0.15, 0.2) is 76.6 Å². The molecule has 12 heteroatoms. The molecule has 10 nitrogen and oxygen atoms in total. The number of thiazole rings is 1. The molecule has 49 heavy (non-hydrogen) atoms. The molecule has 0 spiro atoms. The lowest BCUT2D eigenvalue weighted by Crippen LogP contribution is -2.43. The molecular weight excluding hydrogens is 663 g/mol. The van der Waals surface area contributed by atoms with E-state index in [9.17, 15) is 19.2 Å².